The van der Waals surface area contributed by atoms with Gasteiger partial charge in [0, 0.05) is 26.2 Å². The first-order valence-corrected chi connectivity index (χ1v) is 11.4. The number of ether oxygens (including phenoxy) is 6. The highest BCUT2D eigenvalue weighted by Gasteiger charge is 2.82. The van der Waals surface area contributed by atoms with Crippen molar-refractivity contribution in [3.05, 3.63) is 12.3 Å². The van der Waals surface area contributed by atoms with Gasteiger partial charge in [-0.05, 0) is 43.1 Å². The maximum atomic E-state index is 12.1. The molecule has 170 valence electrons. The van der Waals surface area contributed by atoms with Crippen molar-refractivity contribution in [3.63, 3.8) is 0 Å². The molecule has 0 unspecified atom stereocenters. The van der Waals surface area contributed by atoms with Crippen LogP contribution >= 0.6 is 0 Å². The van der Waals surface area contributed by atoms with Crippen LogP contribution in [0.3, 0.4) is 0 Å². The molecule has 6 fully saturated rings. The zero-order valence-corrected chi connectivity index (χ0v) is 18.2. The molecule has 7 aliphatic rings. The third kappa shape index (κ3) is 2.58. The van der Waals surface area contributed by atoms with E-state index in [4.69, 9.17) is 28.4 Å². The lowest BCUT2D eigenvalue weighted by molar-refractivity contribution is -0.369. The van der Waals surface area contributed by atoms with E-state index in [0.29, 0.717) is 13.0 Å². The molecule has 0 aromatic heterocycles. The van der Waals surface area contributed by atoms with Gasteiger partial charge in [0.05, 0.1) is 25.1 Å². The molecule has 5 heterocycles. The second-order valence-corrected chi connectivity index (χ2v) is 10.4. The van der Waals surface area contributed by atoms with Crippen LogP contribution in [0.4, 0.5) is 0 Å². The Labute approximate surface area is 181 Å². The Bertz CT molecular complexity index is 815. The van der Waals surface area contributed by atoms with Gasteiger partial charge in [-0.3, -0.25) is 9.59 Å². The van der Waals surface area contributed by atoms with Crippen LogP contribution in [0, 0.1) is 22.7 Å². The first kappa shape index (κ1) is 20.0. The highest BCUT2D eigenvalue weighted by Crippen LogP contribution is 2.73. The number of fused-ring (bicyclic) bond motifs is 2. The van der Waals surface area contributed by atoms with Crippen LogP contribution in [0.2, 0.25) is 0 Å². The van der Waals surface area contributed by atoms with Crippen LogP contribution in [0.5, 0.6) is 0 Å². The van der Waals surface area contributed by atoms with E-state index in [1.165, 1.54) is 13.8 Å². The lowest BCUT2D eigenvalue weighted by Gasteiger charge is -2.67. The van der Waals surface area contributed by atoms with Crippen LogP contribution in [-0.4, -0.2) is 55.0 Å². The van der Waals surface area contributed by atoms with Crippen molar-refractivity contribution in [1.29, 1.82) is 0 Å². The van der Waals surface area contributed by atoms with Crippen LogP contribution in [0.25, 0.3) is 0 Å². The van der Waals surface area contributed by atoms with Gasteiger partial charge in [-0.2, -0.15) is 0 Å². The summed E-state index contributed by atoms with van der Waals surface area (Å²) in [6.07, 6.45) is 6.21. The first-order valence-electron chi connectivity index (χ1n) is 11.4. The average Bonchev–Trinajstić information content (AvgIpc) is 3.12. The maximum Gasteiger partial charge on any atom is 0.304 e. The average molecular weight is 434 g/mol. The Morgan fingerprint density at radius 2 is 1.87 bits per heavy atom. The molecule has 2 bridgehead atoms. The summed E-state index contributed by atoms with van der Waals surface area (Å²) in [5.41, 5.74) is -1.45. The largest absolute Gasteiger partial charge is 0.472 e. The van der Waals surface area contributed by atoms with Crippen molar-refractivity contribution in [3.8, 4) is 0 Å². The van der Waals surface area contributed by atoms with Gasteiger partial charge in [-0.25, -0.2) is 0 Å². The van der Waals surface area contributed by atoms with Gasteiger partial charge < -0.3 is 28.4 Å². The van der Waals surface area contributed by atoms with E-state index in [0.717, 1.165) is 25.7 Å². The number of rotatable bonds is 3. The number of hydrogen-bond acceptors (Lipinski definition) is 8. The fourth-order valence-corrected chi connectivity index (χ4v) is 7.61. The van der Waals surface area contributed by atoms with E-state index in [9.17, 15) is 9.59 Å². The lowest BCUT2D eigenvalue weighted by Crippen LogP contribution is -2.75. The molecular weight excluding hydrogens is 404 g/mol. The Kier molecular flexibility index (Phi) is 4.16. The predicted molar refractivity (Wildman–Crippen MR) is 104 cm³/mol. The smallest absolute Gasteiger partial charge is 0.304 e. The van der Waals surface area contributed by atoms with Crippen molar-refractivity contribution in [2.45, 2.75) is 89.4 Å². The molecule has 2 aliphatic carbocycles. The second-order valence-electron chi connectivity index (χ2n) is 10.4. The first-order chi connectivity index (χ1) is 14.8. The number of carbonyl (C=O) groups is 2. The summed E-state index contributed by atoms with van der Waals surface area (Å²) in [5.74, 6) is -0.417. The van der Waals surface area contributed by atoms with E-state index in [-0.39, 0.29) is 41.7 Å². The summed E-state index contributed by atoms with van der Waals surface area (Å²) in [5, 5.41) is 0. The second kappa shape index (κ2) is 6.45. The molecule has 0 N–H and O–H groups in total. The summed E-state index contributed by atoms with van der Waals surface area (Å²) >= 11 is 0. The molecule has 10 atom stereocenters. The summed E-state index contributed by atoms with van der Waals surface area (Å²) in [6, 6.07) is 0. The number of esters is 2. The molecular formula is C23H30O8. The van der Waals surface area contributed by atoms with Crippen molar-refractivity contribution >= 4 is 11.9 Å². The van der Waals surface area contributed by atoms with Gasteiger partial charge in [-0.1, -0.05) is 6.92 Å². The molecule has 7 rings (SSSR count). The maximum absolute atomic E-state index is 12.1. The standard InChI is InChI=1S/C23H30O8/c1-12(24)28-17-4-6-21(3,18-8-14-5-7-26-19(14)31-18)16-9-15-10-22(11-27-22)23(16,17)20(30-15)29-13(2)25/h5,7,14-20H,4,6,8-11H2,1-3H3/t14-,15-,16-,17+,18+,19+,20+,21+,22+,23+/m1/s1. The number of hydrogen-bond donors (Lipinski definition) is 0. The van der Waals surface area contributed by atoms with Gasteiger partial charge in [0.25, 0.3) is 0 Å². The molecule has 0 amide bonds. The molecule has 0 aromatic rings. The van der Waals surface area contributed by atoms with Crippen LogP contribution in [0.1, 0.15) is 52.9 Å². The topological polar surface area (TPSA) is 92.8 Å². The Morgan fingerprint density at radius 3 is 2.55 bits per heavy atom. The molecule has 2 saturated carbocycles. The van der Waals surface area contributed by atoms with Crippen molar-refractivity contribution < 1.29 is 38.0 Å². The van der Waals surface area contributed by atoms with E-state index in [1.54, 1.807) is 6.26 Å². The summed E-state index contributed by atoms with van der Waals surface area (Å²) in [6.45, 7) is 5.67. The number of epoxide rings is 1. The minimum Gasteiger partial charge on any atom is -0.472 e. The fourth-order valence-electron chi connectivity index (χ4n) is 7.61. The van der Waals surface area contributed by atoms with Gasteiger partial charge in [0.15, 0.2) is 0 Å². The van der Waals surface area contributed by atoms with Gasteiger partial charge in [0.1, 0.15) is 17.1 Å². The lowest BCUT2D eigenvalue weighted by atomic mass is 9.42. The molecule has 5 aliphatic heterocycles. The molecule has 8 heteroatoms. The molecule has 2 spiro atoms. The van der Waals surface area contributed by atoms with Gasteiger partial charge in [0.2, 0.25) is 12.6 Å². The van der Waals surface area contributed by atoms with Crippen molar-refractivity contribution in [2.24, 2.45) is 22.7 Å². The van der Waals surface area contributed by atoms with E-state index in [1.807, 2.05) is 0 Å². The van der Waals surface area contributed by atoms with Crippen molar-refractivity contribution in [1.82, 2.24) is 0 Å². The summed E-state index contributed by atoms with van der Waals surface area (Å²) in [4.78, 5) is 24.2. The predicted octanol–water partition coefficient (Wildman–Crippen LogP) is 2.45. The van der Waals surface area contributed by atoms with Gasteiger partial charge in [-0.15, -0.1) is 0 Å². The number of carbonyl (C=O) groups excluding carboxylic acids is 2. The highest BCUT2D eigenvalue weighted by molar-refractivity contribution is 5.67. The van der Waals surface area contributed by atoms with Crippen molar-refractivity contribution in [2.75, 3.05) is 6.61 Å². The Morgan fingerprint density at radius 1 is 1.10 bits per heavy atom. The minimum absolute atomic E-state index is 0.000677. The van der Waals surface area contributed by atoms with E-state index < -0.39 is 29.4 Å². The summed E-state index contributed by atoms with van der Waals surface area (Å²) < 4.78 is 36.2. The third-order valence-corrected chi connectivity index (χ3v) is 8.88. The molecule has 31 heavy (non-hydrogen) atoms. The van der Waals surface area contributed by atoms with E-state index >= 15 is 0 Å². The molecule has 0 aromatic carbocycles. The van der Waals surface area contributed by atoms with Gasteiger partial charge >= 0.3 is 11.9 Å². The highest BCUT2D eigenvalue weighted by atomic mass is 16.7. The quantitative estimate of drug-likeness (QED) is 0.494. The van der Waals surface area contributed by atoms with Crippen LogP contribution in [-0.2, 0) is 38.0 Å². The monoisotopic (exact) mass is 434 g/mol. The molecule has 4 saturated heterocycles. The van der Waals surface area contributed by atoms with E-state index in [2.05, 4.69) is 13.0 Å². The molecule has 8 nitrogen and oxygen atoms in total. The summed E-state index contributed by atoms with van der Waals surface area (Å²) in [7, 11) is 0. The SMILES string of the molecule is CC(=O)O[C@H]1O[C@@H]2C[C@@H]3[C@@](C)([C@@H]4C[C@H]5C=CO[C@H]5O4)CC[C@H](OC(C)=O)[C@]13[C@@]1(CO1)C2. The zero-order chi connectivity index (χ0) is 21.6. The zero-order valence-electron chi connectivity index (χ0n) is 18.2. The minimum atomic E-state index is -0.800. The third-order valence-electron chi connectivity index (χ3n) is 8.88. The Balaban J connectivity index is 1.44. The fraction of sp³-hybridized carbons (Fsp3) is 0.826. The van der Waals surface area contributed by atoms with Crippen LogP contribution in [0.15, 0.2) is 12.3 Å². The molecule has 0 radical (unpaired) electrons. The normalized spacial score (nSPS) is 53.6. The van der Waals surface area contributed by atoms with Crippen LogP contribution < -0.4 is 0 Å². The Hall–Kier alpha value is -1.64.